The molecule has 0 unspecified atom stereocenters. The number of benzene rings is 1. The number of amides is 1. The van der Waals surface area contributed by atoms with E-state index in [0.717, 1.165) is 30.1 Å². The number of anilines is 1. The molecule has 7 nitrogen and oxygen atoms in total. The lowest BCUT2D eigenvalue weighted by molar-refractivity contribution is -0.116. The molecule has 0 spiro atoms. The van der Waals surface area contributed by atoms with Gasteiger partial charge in [0.15, 0.2) is 16.6 Å². The van der Waals surface area contributed by atoms with Crippen molar-refractivity contribution in [3.05, 3.63) is 35.3 Å². The summed E-state index contributed by atoms with van der Waals surface area (Å²) in [6.07, 6.45) is 7.22. The smallest absolute Gasteiger partial charge is 0.244 e. The van der Waals surface area contributed by atoms with Crippen LogP contribution in [0.4, 0.5) is 5.13 Å². The quantitative estimate of drug-likeness (QED) is 0.683. The van der Waals surface area contributed by atoms with Crippen LogP contribution in [0.15, 0.2) is 29.8 Å². The molecule has 150 valence electrons. The van der Waals surface area contributed by atoms with E-state index in [1.807, 2.05) is 11.6 Å². The summed E-state index contributed by atoms with van der Waals surface area (Å²) < 4.78 is 16.0. The Morgan fingerprint density at radius 2 is 2.04 bits per heavy atom. The first kappa shape index (κ1) is 20.0. The Morgan fingerprint density at radius 1 is 1.29 bits per heavy atom. The number of methoxy groups -OCH3 is 3. The number of hydrogen-bond acceptors (Lipinski definition) is 7. The lowest BCUT2D eigenvalue weighted by Gasteiger charge is -2.23. The van der Waals surface area contributed by atoms with E-state index in [1.54, 1.807) is 50.9 Å². The fourth-order valence-corrected chi connectivity index (χ4v) is 4.05. The molecule has 1 amide bonds. The summed E-state index contributed by atoms with van der Waals surface area (Å²) in [5, 5.41) is 5.98. The van der Waals surface area contributed by atoms with Gasteiger partial charge < -0.3 is 24.4 Å². The average molecular weight is 404 g/mol. The van der Waals surface area contributed by atoms with Crippen molar-refractivity contribution in [1.82, 2.24) is 10.3 Å². The molecule has 1 saturated heterocycles. The third-order valence-electron chi connectivity index (χ3n) is 4.67. The Labute approximate surface area is 168 Å². The maximum Gasteiger partial charge on any atom is 0.244 e. The van der Waals surface area contributed by atoms with Crippen molar-refractivity contribution in [2.45, 2.75) is 18.9 Å². The lowest BCUT2D eigenvalue weighted by Crippen LogP contribution is -2.39. The van der Waals surface area contributed by atoms with E-state index in [1.165, 1.54) is 6.08 Å². The van der Waals surface area contributed by atoms with Crippen LogP contribution >= 0.6 is 11.3 Å². The Kier molecular flexibility index (Phi) is 6.76. The maximum atomic E-state index is 12.3. The van der Waals surface area contributed by atoms with Gasteiger partial charge in [-0.15, -0.1) is 11.3 Å². The van der Waals surface area contributed by atoms with Crippen LogP contribution in [-0.2, 0) is 4.79 Å². The van der Waals surface area contributed by atoms with Crippen LogP contribution in [0.5, 0.6) is 17.2 Å². The van der Waals surface area contributed by atoms with E-state index >= 15 is 0 Å². The summed E-state index contributed by atoms with van der Waals surface area (Å²) in [5.41, 5.74) is 0.787. The number of thiazole rings is 1. The number of carbonyl (C=O) groups is 1. The van der Waals surface area contributed by atoms with Gasteiger partial charge in [-0.25, -0.2) is 4.98 Å². The fraction of sp³-hybridized carbons (Fsp3) is 0.400. The molecular formula is C20H25N3O4S. The summed E-state index contributed by atoms with van der Waals surface area (Å²) in [6, 6.07) is 3.88. The number of ether oxygens (including phenoxy) is 3. The number of nitrogens with one attached hydrogen (secondary N) is 1. The molecule has 8 heteroatoms. The van der Waals surface area contributed by atoms with Gasteiger partial charge >= 0.3 is 0 Å². The van der Waals surface area contributed by atoms with Crippen LogP contribution in [0.25, 0.3) is 6.08 Å². The van der Waals surface area contributed by atoms with Gasteiger partial charge in [-0.2, -0.15) is 0 Å². The molecule has 0 aliphatic carbocycles. The van der Waals surface area contributed by atoms with Crippen molar-refractivity contribution in [2.24, 2.45) is 0 Å². The van der Waals surface area contributed by atoms with Gasteiger partial charge in [0.25, 0.3) is 0 Å². The third-order valence-corrected chi connectivity index (χ3v) is 5.48. The summed E-state index contributed by atoms with van der Waals surface area (Å²) in [4.78, 5) is 18.9. The molecule has 3 rings (SSSR count). The zero-order valence-electron chi connectivity index (χ0n) is 16.3. The van der Waals surface area contributed by atoms with Gasteiger partial charge in [0, 0.05) is 36.8 Å². The molecule has 1 N–H and O–H groups in total. The molecule has 1 aliphatic heterocycles. The van der Waals surface area contributed by atoms with Crippen molar-refractivity contribution in [3.63, 3.8) is 0 Å². The molecule has 1 aromatic carbocycles. The molecule has 2 aromatic rings. The van der Waals surface area contributed by atoms with Gasteiger partial charge in [-0.1, -0.05) is 0 Å². The predicted molar refractivity (Wildman–Crippen MR) is 111 cm³/mol. The summed E-state index contributed by atoms with van der Waals surface area (Å²) in [6.45, 7) is 1.58. The standard InChI is InChI=1S/C20H25N3O4S/c1-25-16-11-14(12-17(26-2)19(16)27-3)6-7-18(24)22-13-15-5-4-9-23(15)20-21-8-10-28-20/h6-8,10-12,15H,4-5,9,13H2,1-3H3,(H,22,24)/b7-6+/t15-/m0/s1. The van der Waals surface area contributed by atoms with Crippen molar-refractivity contribution < 1.29 is 19.0 Å². The lowest BCUT2D eigenvalue weighted by atomic mass is 10.1. The SMILES string of the molecule is COc1cc(/C=C/C(=O)NC[C@@H]2CCCN2c2nccs2)cc(OC)c1OC. The predicted octanol–water partition coefficient (Wildman–Crippen LogP) is 2.97. The minimum Gasteiger partial charge on any atom is -0.493 e. The first-order valence-corrected chi connectivity index (χ1v) is 9.96. The summed E-state index contributed by atoms with van der Waals surface area (Å²) >= 11 is 1.63. The van der Waals surface area contributed by atoms with Crippen LogP contribution in [0.2, 0.25) is 0 Å². The highest BCUT2D eigenvalue weighted by Crippen LogP contribution is 2.38. The molecule has 0 radical (unpaired) electrons. The van der Waals surface area contributed by atoms with Gasteiger partial charge in [-0.05, 0) is 36.6 Å². The summed E-state index contributed by atoms with van der Waals surface area (Å²) in [5.74, 6) is 1.48. The minimum atomic E-state index is -0.139. The maximum absolute atomic E-state index is 12.3. The number of rotatable bonds is 8. The van der Waals surface area contributed by atoms with Crippen molar-refractivity contribution >= 4 is 28.5 Å². The highest BCUT2D eigenvalue weighted by molar-refractivity contribution is 7.13. The number of aromatic nitrogens is 1. The Morgan fingerprint density at radius 3 is 2.64 bits per heavy atom. The van der Waals surface area contributed by atoms with E-state index in [9.17, 15) is 4.79 Å². The second-order valence-corrected chi connectivity index (χ2v) is 7.21. The highest BCUT2D eigenvalue weighted by Gasteiger charge is 2.26. The van der Waals surface area contributed by atoms with E-state index < -0.39 is 0 Å². The van der Waals surface area contributed by atoms with Crippen molar-refractivity contribution in [3.8, 4) is 17.2 Å². The average Bonchev–Trinajstić information content (AvgIpc) is 3.40. The van der Waals surface area contributed by atoms with E-state index in [2.05, 4.69) is 15.2 Å². The largest absolute Gasteiger partial charge is 0.493 e. The third kappa shape index (κ3) is 4.56. The van der Waals surface area contributed by atoms with Crippen LogP contribution in [-0.4, -0.2) is 51.4 Å². The Hall–Kier alpha value is -2.74. The number of hydrogen-bond donors (Lipinski definition) is 1. The zero-order valence-corrected chi connectivity index (χ0v) is 17.1. The molecule has 1 aromatic heterocycles. The van der Waals surface area contributed by atoms with Crippen LogP contribution in [0, 0.1) is 0 Å². The number of carbonyl (C=O) groups excluding carboxylic acids is 1. The highest BCUT2D eigenvalue weighted by atomic mass is 32.1. The van der Waals surface area contributed by atoms with Gasteiger partial charge in [0.2, 0.25) is 11.7 Å². The van der Waals surface area contributed by atoms with E-state index in [-0.39, 0.29) is 11.9 Å². The molecule has 28 heavy (non-hydrogen) atoms. The molecule has 2 heterocycles. The van der Waals surface area contributed by atoms with E-state index in [0.29, 0.717) is 23.8 Å². The van der Waals surface area contributed by atoms with Gasteiger partial charge in [-0.3, -0.25) is 4.79 Å². The van der Waals surface area contributed by atoms with Crippen LogP contribution < -0.4 is 24.4 Å². The first-order valence-electron chi connectivity index (χ1n) is 9.08. The second kappa shape index (κ2) is 9.45. The monoisotopic (exact) mass is 403 g/mol. The summed E-state index contributed by atoms with van der Waals surface area (Å²) in [7, 11) is 4.68. The van der Waals surface area contributed by atoms with Crippen LogP contribution in [0.1, 0.15) is 18.4 Å². The first-order chi connectivity index (χ1) is 13.7. The molecule has 1 fully saturated rings. The molecular weight excluding hydrogens is 378 g/mol. The molecule has 0 bridgehead atoms. The fourth-order valence-electron chi connectivity index (χ4n) is 3.30. The van der Waals surface area contributed by atoms with E-state index in [4.69, 9.17) is 14.2 Å². The minimum absolute atomic E-state index is 0.139. The van der Waals surface area contributed by atoms with Gasteiger partial charge in [0.1, 0.15) is 0 Å². The zero-order chi connectivity index (χ0) is 19.9. The van der Waals surface area contributed by atoms with Crippen molar-refractivity contribution in [2.75, 3.05) is 39.3 Å². The normalized spacial score (nSPS) is 16.4. The van der Waals surface area contributed by atoms with Crippen molar-refractivity contribution in [1.29, 1.82) is 0 Å². The second-order valence-electron chi connectivity index (χ2n) is 6.34. The molecule has 1 atom stereocenters. The molecule has 0 saturated carbocycles. The molecule has 1 aliphatic rings. The Bertz CT molecular complexity index is 798. The van der Waals surface area contributed by atoms with Gasteiger partial charge in [0.05, 0.1) is 21.3 Å². The Balaban J connectivity index is 1.61. The topological polar surface area (TPSA) is 72.9 Å². The van der Waals surface area contributed by atoms with Crippen LogP contribution in [0.3, 0.4) is 0 Å². The number of nitrogens with zero attached hydrogens (tertiary/aromatic N) is 2.